The average molecular weight is 1000 g/mol. The highest BCUT2D eigenvalue weighted by Gasteiger charge is 2.23. The molecule has 366 valence electrons. The molecule has 0 atom stereocenters. The quantitative estimate of drug-likeness (QED) is 0.0543. The van der Waals surface area contributed by atoms with Gasteiger partial charge in [0.1, 0.15) is 64.1 Å². The highest BCUT2D eigenvalue weighted by molar-refractivity contribution is 9.09. The van der Waals surface area contributed by atoms with Crippen LogP contribution >= 0.6 is 15.9 Å². The first-order valence-electron chi connectivity index (χ1n) is 23.7. The molecule has 10 aliphatic carbocycles. The van der Waals surface area contributed by atoms with Gasteiger partial charge >= 0.3 is 0 Å². The number of hydrogen-bond acceptors (Lipinski definition) is 10. The summed E-state index contributed by atoms with van der Waals surface area (Å²) in [7, 11) is 13.6. The number of ether oxygens (including phenoxy) is 10. The Morgan fingerprint density at radius 3 is 0.884 bits per heavy atom. The third kappa shape index (κ3) is 12.5. The number of methoxy groups -OCH3 is 8. The maximum absolute atomic E-state index is 6.82. The molecule has 10 aliphatic rings. The van der Waals surface area contributed by atoms with E-state index < -0.39 is 0 Å². The Hall–Kier alpha value is -6.20. The lowest BCUT2D eigenvalue weighted by Gasteiger charge is -2.21. The van der Waals surface area contributed by atoms with Crippen LogP contribution in [-0.2, 0) is 38.7 Å². The van der Waals surface area contributed by atoms with Crippen molar-refractivity contribution in [3.05, 3.63) is 152 Å². The minimum absolute atomic E-state index is 0.382. The molecule has 0 unspecified atom stereocenters. The predicted octanol–water partition coefficient (Wildman–Crippen LogP) is 12.7. The molecule has 6 aromatic rings. The molecule has 10 nitrogen and oxygen atoms in total. The summed E-state index contributed by atoms with van der Waals surface area (Å²) < 4.78 is 62.6. The number of rotatable bonds is 20. The average Bonchev–Trinajstić information content (AvgIpc) is 3.38. The molecular formula is C58H67BrO10. The fraction of sp³-hybridized carbons (Fsp3) is 0.379. The summed E-state index contributed by atoms with van der Waals surface area (Å²) in [5, 5.41) is 1.05. The molecule has 16 rings (SSSR count). The van der Waals surface area contributed by atoms with Gasteiger partial charge < -0.3 is 47.4 Å². The Kier molecular flexibility index (Phi) is 18.3. The molecule has 6 aromatic carbocycles. The molecule has 0 aliphatic heterocycles. The van der Waals surface area contributed by atoms with Gasteiger partial charge in [0.2, 0.25) is 0 Å². The van der Waals surface area contributed by atoms with E-state index in [1.54, 1.807) is 56.9 Å². The summed E-state index contributed by atoms with van der Waals surface area (Å²) in [4.78, 5) is 0. The molecule has 69 heavy (non-hydrogen) atoms. The molecular weight excluding hydrogens is 937 g/mol. The van der Waals surface area contributed by atoms with E-state index in [0.29, 0.717) is 45.3 Å². The van der Waals surface area contributed by atoms with Crippen LogP contribution in [0.4, 0.5) is 0 Å². The molecule has 0 aromatic heterocycles. The van der Waals surface area contributed by atoms with Crippen molar-refractivity contribution in [3.63, 3.8) is 0 Å². The highest BCUT2D eigenvalue weighted by Crippen LogP contribution is 2.42. The smallest absolute Gasteiger partial charge is 0.123 e. The Bertz CT molecular complexity index is 2650. The minimum Gasteiger partial charge on any atom is -0.496 e. The predicted molar refractivity (Wildman–Crippen MR) is 276 cm³/mol. The van der Waals surface area contributed by atoms with E-state index in [1.165, 1.54) is 25.7 Å². The van der Waals surface area contributed by atoms with Crippen LogP contribution in [0.2, 0.25) is 0 Å². The van der Waals surface area contributed by atoms with Crippen molar-refractivity contribution in [1.29, 1.82) is 0 Å². The van der Waals surface area contributed by atoms with Gasteiger partial charge in [0.05, 0.1) is 63.5 Å². The van der Waals surface area contributed by atoms with Gasteiger partial charge in [-0.25, -0.2) is 0 Å². The summed E-state index contributed by atoms with van der Waals surface area (Å²) in [6.07, 6.45) is 9.33. The zero-order chi connectivity index (χ0) is 48.7. The third-order valence-corrected chi connectivity index (χ3v) is 13.5. The fourth-order valence-electron chi connectivity index (χ4n) is 9.24. The summed E-state index contributed by atoms with van der Waals surface area (Å²) in [6, 6.07) is 30.9. The SMILES string of the molecule is COc1cc2c(OC)cc1Cc1cc(OC)c(cc1OC)Cc1cc(OC)c(cc1OC)Cc1cc(OCCCCCCCCBr)c(cc1OCc1ccccc1)Cc1cc(OC)c(cc1OC)C2. The summed E-state index contributed by atoms with van der Waals surface area (Å²) in [5.74, 6) is 7.30. The molecule has 10 bridgehead atoms. The molecule has 11 heteroatoms. The van der Waals surface area contributed by atoms with Gasteiger partial charge in [-0.1, -0.05) is 71.9 Å². The maximum Gasteiger partial charge on any atom is 0.123 e. The fourth-order valence-corrected chi connectivity index (χ4v) is 9.63. The van der Waals surface area contributed by atoms with E-state index in [-0.39, 0.29) is 0 Å². The van der Waals surface area contributed by atoms with Crippen LogP contribution in [0.15, 0.2) is 91.0 Å². The normalized spacial score (nSPS) is 12.1. The van der Waals surface area contributed by atoms with Crippen LogP contribution in [0.25, 0.3) is 0 Å². The number of benzene rings is 6. The Morgan fingerprint density at radius 1 is 0.319 bits per heavy atom. The van der Waals surface area contributed by atoms with Crippen molar-refractivity contribution in [2.45, 2.75) is 77.2 Å². The van der Waals surface area contributed by atoms with Crippen molar-refractivity contribution in [2.75, 3.05) is 68.8 Å². The van der Waals surface area contributed by atoms with Crippen LogP contribution in [0.1, 0.15) is 99.7 Å². The number of unbranched alkanes of at least 4 members (excludes halogenated alkanes) is 5. The van der Waals surface area contributed by atoms with Crippen LogP contribution in [0, 0.1) is 0 Å². The zero-order valence-electron chi connectivity index (χ0n) is 41.5. The van der Waals surface area contributed by atoms with E-state index in [1.807, 2.05) is 42.5 Å². The first-order chi connectivity index (χ1) is 33.8. The number of halogens is 1. The van der Waals surface area contributed by atoms with E-state index in [0.717, 1.165) is 137 Å². The minimum atomic E-state index is 0.382. The van der Waals surface area contributed by atoms with Gasteiger partial charge in [-0.15, -0.1) is 0 Å². The Labute approximate surface area is 417 Å². The maximum atomic E-state index is 6.82. The van der Waals surface area contributed by atoms with E-state index in [9.17, 15) is 0 Å². The third-order valence-electron chi connectivity index (χ3n) is 12.9. The molecule has 0 fully saturated rings. The van der Waals surface area contributed by atoms with E-state index >= 15 is 0 Å². The van der Waals surface area contributed by atoms with Crippen molar-refractivity contribution < 1.29 is 47.4 Å². The zero-order valence-corrected chi connectivity index (χ0v) is 43.1. The Balaban J connectivity index is 1.42. The van der Waals surface area contributed by atoms with E-state index in [2.05, 4.69) is 64.5 Å². The van der Waals surface area contributed by atoms with Crippen LogP contribution in [-0.4, -0.2) is 68.8 Å². The molecule has 0 spiro atoms. The van der Waals surface area contributed by atoms with E-state index in [4.69, 9.17) is 47.4 Å². The van der Waals surface area contributed by atoms with Crippen molar-refractivity contribution in [1.82, 2.24) is 0 Å². The lowest BCUT2D eigenvalue weighted by molar-refractivity contribution is 0.292. The summed E-state index contributed by atoms with van der Waals surface area (Å²) in [5.41, 5.74) is 10.5. The van der Waals surface area contributed by atoms with Gasteiger partial charge in [-0.2, -0.15) is 0 Å². The molecule has 0 N–H and O–H groups in total. The lowest BCUT2D eigenvalue weighted by atomic mass is 9.94. The second kappa shape index (κ2) is 24.9. The number of hydrogen-bond donors (Lipinski definition) is 0. The lowest BCUT2D eigenvalue weighted by Crippen LogP contribution is -2.07. The van der Waals surface area contributed by atoms with Gasteiger partial charge in [0.15, 0.2) is 0 Å². The standard InChI is InChI=1S/C58H67BrO10/c1-60-49-29-41-23-43-31-55(66-7)45(33-53(43)64-5)25-47-36-58(69-37-38-18-14-13-15-19-38)48(35-57(47)68-21-17-12-10-9-11-16-20-59)26-46-34-54(65-6)44(32-56(46)67-8)24-42-30-50(61-2)40(28-52(42)63-4)22-39(49)27-51(41)62-3/h13-15,18-19,27-36H,9-12,16-17,20-26,37H2,1-8H3. The topological polar surface area (TPSA) is 92.3 Å². The van der Waals surface area contributed by atoms with Crippen LogP contribution < -0.4 is 47.4 Å². The monoisotopic (exact) mass is 1000 g/mol. The van der Waals surface area contributed by atoms with Gasteiger partial charge in [0.25, 0.3) is 0 Å². The van der Waals surface area contributed by atoms with Crippen molar-refractivity contribution >= 4 is 15.9 Å². The van der Waals surface area contributed by atoms with Crippen LogP contribution in [0.3, 0.4) is 0 Å². The molecule has 0 saturated heterocycles. The molecule has 0 saturated carbocycles. The van der Waals surface area contributed by atoms with Crippen LogP contribution in [0.5, 0.6) is 57.5 Å². The molecule has 0 heterocycles. The highest BCUT2D eigenvalue weighted by atomic mass is 79.9. The molecule has 0 amide bonds. The van der Waals surface area contributed by atoms with Crippen molar-refractivity contribution in [2.24, 2.45) is 0 Å². The second-order valence-electron chi connectivity index (χ2n) is 17.3. The summed E-state index contributed by atoms with van der Waals surface area (Å²) in [6.45, 7) is 0.965. The van der Waals surface area contributed by atoms with Gasteiger partial charge in [0, 0.05) is 93.1 Å². The second-order valence-corrected chi connectivity index (χ2v) is 18.1. The number of alkyl halides is 1. The first kappa shape index (κ1) is 50.7. The van der Waals surface area contributed by atoms with Gasteiger partial charge in [-0.3, -0.25) is 0 Å². The van der Waals surface area contributed by atoms with Crippen molar-refractivity contribution in [3.8, 4) is 57.5 Å². The molecule has 0 radical (unpaired) electrons. The Morgan fingerprint density at radius 2 is 0.580 bits per heavy atom. The first-order valence-corrected chi connectivity index (χ1v) is 24.8. The largest absolute Gasteiger partial charge is 0.496 e. The van der Waals surface area contributed by atoms with Gasteiger partial charge in [-0.05, 0) is 79.1 Å². The summed E-state index contributed by atoms with van der Waals surface area (Å²) >= 11 is 3.57.